The number of sulfone groups is 1. The number of ether oxygens (including phenoxy) is 3. The minimum absolute atomic E-state index is 0.0139. The molecule has 0 radical (unpaired) electrons. The fourth-order valence-electron chi connectivity index (χ4n) is 2.47. The van der Waals surface area contributed by atoms with Crippen LogP contribution in [0.4, 0.5) is 0 Å². The number of rotatable bonds is 11. The summed E-state index contributed by atoms with van der Waals surface area (Å²) in [4.78, 5) is 25.5. The Hall–Kier alpha value is -1.71. The van der Waals surface area contributed by atoms with E-state index >= 15 is 0 Å². The van der Waals surface area contributed by atoms with E-state index in [0.29, 0.717) is 6.61 Å². The Morgan fingerprint density at radius 2 is 1.93 bits per heavy atom. The smallest absolute Gasteiger partial charge is 0.201 e. The van der Waals surface area contributed by atoms with Crippen LogP contribution in [-0.2, 0) is 24.1 Å². The fraction of sp³-hybridized carbons (Fsp3) is 0.474. The Kier molecular flexibility index (Phi) is 7.79. The Balaban J connectivity index is 2.49. The van der Waals surface area contributed by atoms with Gasteiger partial charge in [-0.25, -0.2) is 8.42 Å². The van der Waals surface area contributed by atoms with E-state index < -0.39 is 15.6 Å². The van der Waals surface area contributed by atoms with Crippen LogP contribution in [0.15, 0.2) is 33.3 Å². The SMILES string of the molecule is CCOC=C(C(=O)c1ccc(S(C)(=O)=O)c(OCCOC)c1Br)C(=O)C1CC1. The molecule has 0 saturated heterocycles. The summed E-state index contributed by atoms with van der Waals surface area (Å²) in [7, 11) is -2.11. The molecule has 7 nitrogen and oxygen atoms in total. The Bertz CT molecular complexity index is 886. The molecule has 1 fully saturated rings. The number of carbonyl (C=O) groups excluding carboxylic acids is 2. The van der Waals surface area contributed by atoms with Gasteiger partial charge in [0.2, 0.25) is 5.78 Å². The maximum Gasteiger partial charge on any atom is 0.201 e. The predicted molar refractivity (Wildman–Crippen MR) is 106 cm³/mol. The van der Waals surface area contributed by atoms with Crippen molar-refractivity contribution in [3.63, 3.8) is 0 Å². The van der Waals surface area contributed by atoms with Gasteiger partial charge in [-0.05, 0) is 47.8 Å². The Morgan fingerprint density at radius 1 is 1.25 bits per heavy atom. The molecule has 1 aliphatic carbocycles. The average molecular weight is 475 g/mol. The summed E-state index contributed by atoms with van der Waals surface area (Å²) >= 11 is 3.29. The lowest BCUT2D eigenvalue weighted by molar-refractivity contribution is -0.116. The van der Waals surface area contributed by atoms with Gasteiger partial charge in [0, 0.05) is 24.8 Å². The molecule has 0 atom stereocenters. The fourth-order valence-corrected chi connectivity index (χ4v) is 4.05. The molecule has 1 saturated carbocycles. The van der Waals surface area contributed by atoms with Gasteiger partial charge >= 0.3 is 0 Å². The zero-order valence-electron chi connectivity index (χ0n) is 16.0. The summed E-state index contributed by atoms with van der Waals surface area (Å²) in [6, 6.07) is 2.67. The van der Waals surface area contributed by atoms with Gasteiger partial charge in [-0.3, -0.25) is 9.59 Å². The predicted octanol–water partition coefficient (Wildman–Crippen LogP) is 2.96. The number of halogens is 1. The molecule has 1 aromatic carbocycles. The van der Waals surface area contributed by atoms with Gasteiger partial charge in [-0.1, -0.05) is 0 Å². The first-order valence-electron chi connectivity index (χ1n) is 8.77. The summed E-state index contributed by atoms with van der Waals surface area (Å²) in [5.74, 6) is -0.963. The number of allylic oxidation sites excluding steroid dienone is 1. The van der Waals surface area contributed by atoms with Gasteiger partial charge in [-0.2, -0.15) is 0 Å². The van der Waals surface area contributed by atoms with Gasteiger partial charge < -0.3 is 14.2 Å². The van der Waals surface area contributed by atoms with Crippen molar-refractivity contribution in [3.8, 4) is 5.75 Å². The molecule has 0 aliphatic heterocycles. The lowest BCUT2D eigenvalue weighted by Crippen LogP contribution is -2.17. The summed E-state index contributed by atoms with van der Waals surface area (Å²) in [5, 5.41) is 0. The van der Waals surface area contributed by atoms with Gasteiger partial charge in [-0.15, -0.1) is 0 Å². The normalized spacial score (nSPS) is 14.6. The van der Waals surface area contributed by atoms with Crippen molar-refractivity contribution in [2.45, 2.75) is 24.7 Å². The number of Topliss-reactive ketones (excluding diaryl/α,β-unsaturated/α-hetero) is 2. The third-order valence-electron chi connectivity index (χ3n) is 4.07. The molecule has 2 rings (SSSR count). The maximum absolute atomic E-state index is 13.1. The third-order valence-corrected chi connectivity index (χ3v) is 5.97. The Labute approximate surface area is 173 Å². The van der Waals surface area contributed by atoms with Crippen molar-refractivity contribution in [1.82, 2.24) is 0 Å². The van der Waals surface area contributed by atoms with Crippen LogP contribution in [0.5, 0.6) is 5.75 Å². The van der Waals surface area contributed by atoms with E-state index in [-0.39, 0.29) is 51.2 Å². The summed E-state index contributed by atoms with van der Waals surface area (Å²) in [6.07, 6.45) is 3.73. The van der Waals surface area contributed by atoms with Crippen molar-refractivity contribution in [2.75, 3.05) is 33.2 Å². The van der Waals surface area contributed by atoms with Gasteiger partial charge in [0.15, 0.2) is 21.4 Å². The molecule has 9 heteroatoms. The molecule has 0 amide bonds. The summed E-state index contributed by atoms with van der Waals surface area (Å²) < 4.78 is 40.1. The van der Waals surface area contributed by atoms with Crippen LogP contribution >= 0.6 is 15.9 Å². The highest BCUT2D eigenvalue weighted by atomic mass is 79.9. The van der Waals surface area contributed by atoms with E-state index in [0.717, 1.165) is 19.1 Å². The molecule has 1 aromatic rings. The monoisotopic (exact) mass is 474 g/mol. The highest BCUT2D eigenvalue weighted by molar-refractivity contribution is 9.10. The molecule has 0 heterocycles. The van der Waals surface area contributed by atoms with Crippen LogP contribution in [0.1, 0.15) is 30.1 Å². The molecule has 28 heavy (non-hydrogen) atoms. The van der Waals surface area contributed by atoms with Gasteiger partial charge in [0.25, 0.3) is 0 Å². The molecular formula is C19H23BrO7S. The zero-order valence-corrected chi connectivity index (χ0v) is 18.4. The van der Waals surface area contributed by atoms with E-state index in [1.54, 1.807) is 6.92 Å². The zero-order chi connectivity index (χ0) is 20.9. The highest BCUT2D eigenvalue weighted by Crippen LogP contribution is 2.38. The number of hydrogen-bond acceptors (Lipinski definition) is 7. The van der Waals surface area contributed by atoms with Crippen LogP contribution in [0.2, 0.25) is 0 Å². The molecule has 1 aliphatic rings. The number of hydrogen-bond donors (Lipinski definition) is 0. The van der Waals surface area contributed by atoms with Crippen LogP contribution in [-0.4, -0.2) is 53.2 Å². The maximum atomic E-state index is 13.1. The minimum atomic E-state index is -3.60. The van der Waals surface area contributed by atoms with E-state index in [9.17, 15) is 18.0 Å². The Morgan fingerprint density at radius 3 is 2.46 bits per heavy atom. The van der Waals surface area contributed by atoms with Crippen molar-refractivity contribution < 1.29 is 32.2 Å². The number of methoxy groups -OCH3 is 1. The minimum Gasteiger partial charge on any atom is -0.501 e. The molecule has 0 N–H and O–H groups in total. The largest absolute Gasteiger partial charge is 0.501 e. The molecule has 0 spiro atoms. The third kappa shape index (κ3) is 5.42. The number of carbonyl (C=O) groups is 2. The van der Waals surface area contributed by atoms with Crippen LogP contribution < -0.4 is 4.74 Å². The average Bonchev–Trinajstić information content (AvgIpc) is 3.47. The molecule has 0 bridgehead atoms. The number of ketones is 2. The second-order valence-electron chi connectivity index (χ2n) is 6.32. The first-order chi connectivity index (χ1) is 13.2. The van der Waals surface area contributed by atoms with Crippen molar-refractivity contribution in [1.29, 1.82) is 0 Å². The first-order valence-corrected chi connectivity index (χ1v) is 11.5. The van der Waals surface area contributed by atoms with Crippen LogP contribution in [0, 0.1) is 5.92 Å². The molecule has 0 aromatic heterocycles. The summed E-state index contributed by atoms with van der Waals surface area (Å²) in [6.45, 7) is 2.40. The molecule has 154 valence electrons. The lowest BCUT2D eigenvalue weighted by Gasteiger charge is -2.15. The van der Waals surface area contributed by atoms with E-state index in [4.69, 9.17) is 14.2 Å². The van der Waals surface area contributed by atoms with E-state index in [2.05, 4.69) is 15.9 Å². The van der Waals surface area contributed by atoms with Gasteiger partial charge in [0.1, 0.15) is 17.1 Å². The highest BCUT2D eigenvalue weighted by Gasteiger charge is 2.36. The van der Waals surface area contributed by atoms with Gasteiger partial charge in [0.05, 0.1) is 23.9 Å². The second-order valence-corrected chi connectivity index (χ2v) is 9.10. The van der Waals surface area contributed by atoms with Crippen molar-refractivity contribution in [3.05, 3.63) is 34.0 Å². The molecular weight excluding hydrogens is 452 g/mol. The van der Waals surface area contributed by atoms with E-state index in [1.807, 2.05) is 0 Å². The molecule has 0 unspecified atom stereocenters. The van der Waals surface area contributed by atoms with Crippen molar-refractivity contribution in [2.24, 2.45) is 5.92 Å². The summed E-state index contributed by atoms with van der Waals surface area (Å²) in [5.41, 5.74) is 0.0692. The van der Waals surface area contributed by atoms with Crippen LogP contribution in [0.25, 0.3) is 0 Å². The topological polar surface area (TPSA) is 96.0 Å². The standard InChI is InChI=1S/C19H23BrO7S/c1-4-26-11-14(17(21)12-5-6-12)18(22)13-7-8-15(28(3,23)24)19(16(13)20)27-10-9-25-2/h7-8,11-12H,4-6,9-10H2,1-3H3. The van der Waals surface area contributed by atoms with Crippen molar-refractivity contribution >= 4 is 37.3 Å². The van der Waals surface area contributed by atoms with E-state index in [1.165, 1.54) is 25.5 Å². The second kappa shape index (κ2) is 9.67. The lowest BCUT2D eigenvalue weighted by atomic mass is 9.98. The quantitative estimate of drug-likeness (QED) is 0.121. The number of benzene rings is 1. The first kappa shape index (κ1) is 22.6. The van der Waals surface area contributed by atoms with Crippen LogP contribution in [0.3, 0.4) is 0 Å².